The van der Waals surface area contributed by atoms with Crippen molar-refractivity contribution in [1.29, 1.82) is 0 Å². The molecular weight excluding hydrogens is 494 g/mol. The van der Waals surface area contributed by atoms with E-state index in [-0.39, 0.29) is 5.41 Å². The summed E-state index contributed by atoms with van der Waals surface area (Å²) in [6, 6.07) is 8.18. The molecule has 1 aromatic carbocycles. The molecule has 0 atom stereocenters. The van der Waals surface area contributed by atoms with Gasteiger partial charge in [-0.3, -0.25) is 4.98 Å². The van der Waals surface area contributed by atoms with Crippen LogP contribution in [0.4, 0.5) is 34.6 Å². The zero-order chi connectivity index (χ0) is 27.4. The molecular formula is C28H37N9S. The Bertz CT molecular complexity index is 1320. The molecule has 2 aromatic heterocycles. The number of pyridine rings is 1. The third kappa shape index (κ3) is 5.92. The van der Waals surface area contributed by atoms with Crippen molar-refractivity contribution in [3.63, 3.8) is 0 Å². The summed E-state index contributed by atoms with van der Waals surface area (Å²) in [7, 11) is 6.22. The lowest BCUT2D eigenvalue weighted by Crippen LogP contribution is -2.29. The third-order valence-corrected chi connectivity index (χ3v) is 6.89. The van der Waals surface area contributed by atoms with Gasteiger partial charge in [-0.15, -0.1) is 0 Å². The highest BCUT2D eigenvalue weighted by molar-refractivity contribution is 7.79. The molecule has 0 fully saturated rings. The summed E-state index contributed by atoms with van der Waals surface area (Å²) in [5, 5.41) is 6.79. The van der Waals surface area contributed by atoms with Crippen molar-refractivity contribution in [2.75, 3.05) is 61.2 Å². The number of anilines is 6. The Balaban J connectivity index is 1.67. The van der Waals surface area contributed by atoms with Crippen molar-refractivity contribution in [3.05, 3.63) is 73.0 Å². The van der Waals surface area contributed by atoms with Crippen molar-refractivity contribution >= 4 is 47.3 Å². The SMILES string of the molecule is C=CC(=C)Nc1cc(Nc2ncnc(N3CC(C)(C)c4ncccc43)n2)c(CS)cc1N(C)CCN(C)C. The first-order valence-corrected chi connectivity index (χ1v) is 13.2. The quantitative estimate of drug-likeness (QED) is 0.234. The summed E-state index contributed by atoms with van der Waals surface area (Å²) in [6.45, 7) is 14.8. The average molecular weight is 532 g/mol. The normalized spacial score (nSPS) is 13.8. The molecule has 9 nitrogen and oxygen atoms in total. The summed E-state index contributed by atoms with van der Waals surface area (Å²) in [5.41, 5.74) is 6.48. The van der Waals surface area contributed by atoms with Gasteiger partial charge < -0.3 is 25.3 Å². The maximum Gasteiger partial charge on any atom is 0.234 e. The lowest BCUT2D eigenvalue weighted by atomic mass is 9.91. The zero-order valence-corrected chi connectivity index (χ0v) is 23.8. The monoisotopic (exact) mass is 531 g/mol. The summed E-state index contributed by atoms with van der Waals surface area (Å²) >= 11 is 4.62. The molecule has 2 N–H and O–H groups in total. The maximum absolute atomic E-state index is 4.77. The first-order chi connectivity index (χ1) is 18.1. The molecule has 200 valence electrons. The van der Waals surface area contributed by atoms with Crippen LogP contribution in [0.2, 0.25) is 0 Å². The van der Waals surface area contributed by atoms with E-state index in [1.54, 1.807) is 6.08 Å². The van der Waals surface area contributed by atoms with Crippen LogP contribution in [0.1, 0.15) is 25.1 Å². The molecule has 0 unspecified atom stereocenters. The van der Waals surface area contributed by atoms with Gasteiger partial charge in [-0.2, -0.15) is 17.6 Å². The number of hydrogen-bond acceptors (Lipinski definition) is 10. The molecule has 38 heavy (non-hydrogen) atoms. The number of allylic oxidation sites excluding steroid dienone is 1. The van der Waals surface area contributed by atoms with E-state index in [0.717, 1.165) is 53.6 Å². The largest absolute Gasteiger partial charge is 0.372 e. The van der Waals surface area contributed by atoms with E-state index in [0.29, 0.717) is 23.3 Å². The fraction of sp³-hybridized carbons (Fsp3) is 0.357. The molecule has 1 aliphatic rings. The lowest BCUT2D eigenvalue weighted by Gasteiger charge is -2.26. The van der Waals surface area contributed by atoms with Gasteiger partial charge in [-0.1, -0.05) is 27.0 Å². The summed E-state index contributed by atoms with van der Waals surface area (Å²) < 4.78 is 0. The molecule has 0 saturated carbocycles. The number of benzene rings is 1. The van der Waals surface area contributed by atoms with Crippen LogP contribution in [0.5, 0.6) is 0 Å². The number of nitrogens with zero attached hydrogens (tertiary/aromatic N) is 7. The Hall–Kier alpha value is -3.63. The van der Waals surface area contributed by atoms with Gasteiger partial charge in [-0.05, 0) is 50.0 Å². The number of fused-ring (bicyclic) bond motifs is 1. The smallest absolute Gasteiger partial charge is 0.234 e. The van der Waals surface area contributed by atoms with Gasteiger partial charge in [0.1, 0.15) is 6.33 Å². The molecule has 0 aliphatic carbocycles. The molecule has 4 rings (SSSR count). The number of hydrogen-bond donors (Lipinski definition) is 3. The Labute approximate surface area is 231 Å². The van der Waals surface area contributed by atoms with E-state index in [1.165, 1.54) is 6.33 Å². The summed E-state index contributed by atoms with van der Waals surface area (Å²) in [6.07, 6.45) is 5.07. The van der Waals surface area contributed by atoms with Gasteiger partial charge in [0.25, 0.3) is 0 Å². The summed E-state index contributed by atoms with van der Waals surface area (Å²) in [5.74, 6) is 1.57. The number of likely N-dealkylation sites (N-methyl/N-ethyl adjacent to an activating group) is 2. The van der Waals surface area contributed by atoms with Crippen molar-refractivity contribution in [1.82, 2.24) is 24.8 Å². The van der Waals surface area contributed by atoms with Crippen molar-refractivity contribution in [2.45, 2.75) is 25.0 Å². The second-order valence-corrected chi connectivity index (χ2v) is 10.7. The fourth-order valence-corrected chi connectivity index (χ4v) is 4.72. The second-order valence-electron chi connectivity index (χ2n) is 10.3. The minimum Gasteiger partial charge on any atom is -0.372 e. The van der Waals surface area contributed by atoms with Gasteiger partial charge in [0.15, 0.2) is 0 Å². The molecule has 3 heterocycles. The van der Waals surface area contributed by atoms with Gasteiger partial charge in [0.2, 0.25) is 11.9 Å². The molecule has 0 bridgehead atoms. The van der Waals surface area contributed by atoms with Crippen LogP contribution in [-0.4, -0.2) is 65.6 Å². The zero-order valence-electron chi connectivity index (χ0n) is 22.9. The van der Waals surface area contributed by atoms with Crippen LogP contribution in [-0.2, 0) is 11.2 Å². The molecule has 1 aliphatic heterocycles. The fourth-order valence-electron chi connectivity index (χ4n) is 4.46. The molecule has 0 saturated heterocycles. The van der Waals surface area contributed by atoms with Crippen molar-refractivity contribution < 1.29 is 0 Å². The number of rotatable bonds is 11. The average Bonchev–Trinajstić information content (AvgIpc) is 3.18. The van der Waals surface area contributed by atoms with E-state index in [2.05, 4.69) is 113 Å². The van der Waals surface area contributed by atoms with Gasteiger partial charge in [0.05, 0.1) is 22.8 Å². The molecule has 0 radical (unpaired) electrons. The van der Waals surface area contributed by atoms with Crippen LogP contribution < -0.4 is 20.4 Å². The number of thiol groups is 1. The van der Waals surface area contributed by atoms with Crippen LogP contribution >= 0.6 is 12.6 Å². The first-order valence-electron chi connectivity index (χ1n) is 12.5. The lowest BCUT2D eigenvalue weighted by molar-refractivity contribution is 0.416. The Kier molecular flexibility index (Phi) is 8.23. The van der Waals surface area contributed by atoms with E-state index >= 15 is 0 Å². The molecule has 10 heteroatoms. The van der Waals surface area contributed by atoms with Gasteiger partial charge in [0, 0.05) is 55.4 Å². The topological polar surface area (TPSA) is 85.3 Å². The Morgan fingerprint density at radius 3 is 2.66 bits per heavy atom. The van der Waals surface area contributed by atoms with Crippen LogP contribution in [0.25, 0.3) is 0 Å². The number of nitrogens with one attached hydrogen (secondary N) is 2. The summed E-state index contributed by atoms with van der Waals surface area (Å²) in [4.78, 5) is 24.8. The van der Waals surface area contributed by atoms with E-state index in [1.807, 2.05) is 18.3 Å². The van der Waals surface area contributed by atoms with Crippen LogP contribution in [0.3, 0.4) is 0 Å². The molecule has 0 spiro atoms. The van der Waals surface area contributed by atoms with Crippen LogP contribution in [0.15, 0.2) is 61.7 Å². The van der Waals surface area contributed by atoms with E-state index in [4.69, 9.17) is 4.98 Å². The van der Waals surface area contributed by atoms with E-state index < -0.39 is 0 Å². The minimum absolute atomic E-state index is 0.113. The Morgan fingerprint density at radius 2 is 1.95 bits per heavy atom. The van der Waals surface area contributed by atoms with Gasteiger partial charge >= 0.3 is 0 Å². The van der Waals surface area contributed by atoms with Gasteiger partial charge in [-0.25, -0.2) is 9.97 Å². The van der Waals surface area contributed by atoms with Crippen LogP contribution in [0, 0.1) is 0 Å². The second kappa shape index (κ2) is 11.4. The standard InChI is InChI=1S/C28H37N9S/c1-8-19(2)32-22-15-21(20(16-38)14-24(22)36(7)13-12-35(5)6)33-26-30-18-31-27(34-26)37-17-28(3,4)25-23(37)10-9-11-29-25/h8-11,14-15,18,32,38H,1-2,12-13,16-17H2,3-7H3,(H,30,31,33,34). The molecule has 3 aromatic rings. The predicted octanol–water partition coefficient (Wildman–Crippen LogP) is 4.98. The highest BCUT2D eigenvalue weighted by Crippen LogP contribution is 2.42. The van der Waals surface area contributed by atoms with E-state index in [9.17, 15) is 0 Å². The molecule has 0 amide bonds. The van der Waals surface area contributed by atoms with Crippen molar-refractivity contribution in [3.8, 4) is 0 Å². The highest BCUT2D eigenvalue weighted by atomic mass is 32.1. The first kappa shape index (κ1) is 27.4. The Morgan fingerprint density at radius 1 is 1.16 bits per heavy atom. The predicted molar refractivity (Wildman–Crippen MR) is 161 cm³/mol. The third-order valence-electron chi connectivity index (χ3n) is 6.55. The number of aromatic nitrogens is 4. The highest BCUT2D eigenvalue weighted by Gasteiger charge is 2.38. The maximum atomic E-state index is 4.77. The van der Waals surface area contributed by atoms with Crippen molar-refractivity contribution in [2.24, 2.45) is 0 Å². The minimum atomic E-state index is -0.113.